The highest BCUT2D eigenvalue weighted by Gasteiger charge is 2.19. The third-order valence-electron chi connectivity index (χ3n) is 4.92. The van der Waals surface area contributed by atoms with E-state index in [1.165, 1.54) is 23.1 Å². The number of thioether (sulfide) groups is 1. The summed E-state index contributed by atoms with van der Waals surface area (Å²) in [6.07, 6.45) is 3.41. The SMILES string of the molecule is Cc1c(Cl)cccc1-n1c(SCC(=O)Nc2nc3ccccc3s2)nnc1-c1ccncc1. The molecule has 164 valence electrons. The molecule has 0 aliphatic heterocycles. The number of pyridine rings is 1. The molecular weight excluding hydrogens is 476 g/mol. The number of thiazole rings is 1. The average molecular weight is 493 g/mol. The van der Waals surface area contributed by atoms with Crippen molar-refractivity contribution in [2.24, 2.45) is 0 Å². The fourth-order valence-electron chi connectivity index (χ4n) is 3.32. The number of hydrogen-bond donors (Lipinski definition) is 1. The number of benzene rings is 2. The lowest BCUT2D eigenvalue weighted by atomic mass is 10.2. The summed E-state index contributed by atoms with van der Waals surface area (Å²) in [7, 11) is 0. The highest BCUT2D eigenvalue weighted by Crippen LogP contribution is 2.32. The van der Waals surface area contributed by atoms with Crippen molar-refractivity contribution in [3.05, 3.63) is 77.6 Å². The second kappa shape index (κ2) is 9.30. The zero-order valence-corrected chi connectivity index (χ0v) is 19.8. The molecule has 0 aliphatic rings. The van der Waals surface area contributed by atoms with Crippen molar-refractivity contribution in [2.75, 3.05) is 11.1 Å². The molecule has 1 N–H and O–H groups in total. The Bertz CT molecular complexity index is 1420. The Hall–Kier alpha value is -3.27. The summed E-state index contributed by atoms with van der Waals surface area (Å²) in [4.78, 5) is 21.2. The van der Waals surface area contributed by atoms with Crippen molar-refractivity contribution >= 4 is 56.0 Å². The van der Waals surface area contributed by atoms with Crippen molar-refractivity contribution in [3.63, 3.8) is 0 Å². The van der Waals surface area contributed by atoms with Gasteiger partial charge in [-0.3, -0.25) is 14.3 Å². The summed E-state index contributed by atoms with van der Waals surface area (Å²) < 4.78 is 2.95. The van der Waals surface area contributed by atoms with Crippen LogP contribution in [-0.4, -0.2) is 36.4 Å². The van der Waals surface area contributed by atoms with Crippen LogP contribution in [0.2, 0.25) is 5.02 Å². The van der Waals surface area contributed by atoms with Crippen molar-refractivity contribution in [2.45, 2.75) is 12.1 Å². The van der Waals surface area contributed by atoms with E-state index in [1.54, 1.807) is 12.4 Å². The lowest BCUT2D eigenvalue weighted by Gasteiger charge is -2.13. The molecule has 0 atom stereocenters. The first-order chi connectivity index (χ1) is 16.1. The van der Waals surface area contributed by atoms with Gasteiger partial charge in [-0.1, -0.05) is 52.9 Å². The zero-order chi connectivity index (χ0) is 22.8. The van der Waals surface area contributed by atoms with Crippen molar-refractivity contribution in [3.8, 4) is 17.1 Å². The van der Waals surface area contributed by atoms with Gasteiger partial charge in [0, 0.05) is 23.0 Å². The maximum atomic E-state index is 12.7. The topological polar surface area (TPSA) is 85.6 Å². The summed E-state index contributed by atoms with van der Waals surface area (Å²) in [5.41, 5.74) is 3.48. The summed E-state index contributed by atoms with van der Waals surface area (Å²) in [5.74, 6) is 0.642. The van der Waals surface area contributed by atoms with Gasteiger partial charge in [0.05, 0.1) is 21.7 Å². The molecule has 7 nitrogen and oxygen atoms in total. The first-order valence-electron chi connectivity index (χ1n) is 9.99. The molecule has 10 heteroatoms. The van der Waals surface area contributed by atoms with Crippen molar-refractivity contribution in [1.82, 2.24) is 24.7 Å². The van der Waals surface area contributed by atoms with Gasteiger partial charge in [-0.25, -0.2) is 4.98 Å². The standard InChI is InChI=1S/C23H17ClN6OS2/c1-14-16(24)5-4-7-18(14)30-21(15-9-11-25-12-10-15)28-29-23(30)32-13-20(31)27-22-26-17-6-2-3-8-19(17)33-22/h2-12H,13H2,1H3,(H,26,27,31). The zero-order valence-electron chi connectivity index (χ0n) is 17.4. The number of para-hydroxylation sites is 1. The molecule has 0 spiro atoms. The molecule has 0 fully saturated rings. The third kappa shape index (κ3) is 4.47. The number of halogens is 1. The quantitative estimate of drug-likeness (QED) is 0.309. The molecule has 0 radical (unpaired) electrons. The van der Waals surface area contributed by atoms with Crippen LogP contribution in [0.15, 0.2) is 72.1 Å². The van der Waals surface area contributed by atoms with Gasteiger partial charge in [0.25, 0.3) is 0 Å². The smallest absolute Gasteiger partial charge is 0.236 e. The summed E-state index contributed by atoms with van der Waals surface area (Å²) in [6.45, 7) is 1.95. The van der Waals surface area contributed by atoms with E-state index in [2.05, 4.69) is 25.5 Å². The molecule has 3 aromatic heterocycles. The van der Waals surface area contributed by atoms with Gasteiger partial charge in [0.1, 0.15) is 0 Å². The molecule has 5 aromatic rings. The molecule has 33 heavy (non-hydrogen) atoms. The Kier molecular flexibility index (Phi) is 6.08. The average Bonchev–Trinajstić information content (AvgIpc) is 3.43. The molecule has 0 unspecified atom stereocenters. The number of hydrogen-bond acceptors (Lipinski definition) is 7. The van der Waals surface area contributed by atoms with Crippen LogP contribution in [0.25, 0.3) is 27.3 Å². The van der Waals surface area contributed by atoms with Crippen LogP contribution in [0.3, 0.4) is 0 Å². The number of rotatable bonds is 6. The van der Waals surface area contributed by atoms with Crippen LogP contribution in [0, 0.1) is 6.92 Å². The molecule has 2 aromatic carbocycles. The van der Waals surface area contributed by atoms with Gasteiger partial charge in [-0.2, -0.15) is 0 Å². The van der Waals surface area contributed by atoms with Gasteiger partial charge in [0.2, 0.25) is 5.91 Å². The Morgan fingerprint density at radius 2 is 1.91 bits per heavy atom. The Balaban J connectivity index is 1.42. The minimum atomic E-state index is -0.165. The number of carbonyl (C=O) groups is 1. The lowest BCUT2D eigenvalue weighted by molar-refractivity contribution is -0.113. The van der Waals surface area contributed by atoms with E-state index in [1.807, 2.05) is 66.1 Å². The number of nitrogens with one attached hydrogen (secondary N) is 1. The number of amides is 1. The number of anilines is 1. The molecule has 1 amide bonds. The van der Waals surface area contributed by atoms with Crippen LogP contribution >= 0.6 is 34.7 Å². The first kappa shape index (κ1) is 21.6. The number of fused-ring (bicyclic) bond motifs is 1. The Morgan fingerprint density at radius 3 is 2.73 bits per heavy atom. The predicted molar refractivity (Wildman–Crippen MR) is 133 cm³/mol. The highest BCUT2D eigenvalue weighted by molar-refractivity contribution is 7.99. The largest absolute Gasteiger partial charge is 0.301 e. The number of carbonyl (C=O) groups excluding carboxylic acids is 1. The fraction of sp³-hybridized carbons (Fsp3) is 0.0870. The maximum absolute atomic E-state index is 12.7. The van der Waals surface area contributed by atoms with Crippen LogP contribution in [0.4, 0.5) is 5.13 Å². The third-order valence-corrected chi connectivity index (χ3v) is 7.21. The first-order valence-corrected chi connectivity index (χ1v) is 12.2. The van der Waals surface area contributed by atoms with Crippen LogP contribution in [-0.2, 0) is 4.79 Å². The molecule has 0 saturated carbocycles. The minimum Gasteiger partial charge on any atom is -0.301 e. The van der Waals surface area contributed by atoms with Gasteiger partial charge in [0.15, 0.2) is 16.1 Å². The second-order valence-electron chi connectivity index (χ2n) is 7.09. The van der Waals surface area contributed by atoms with Crippen LogP contribution in [0.1, 0.15) is 5.56 Å². The maximum Gasteiger partial charge on any atom is 0.236 e. The monoisotopic (exact) mass is 492 g/mol. The molecule has 0 saturated heterocycles. The minimum absolute atomic E-state index is 0.157. The fourth-order valence-corrected chi connectivity index (χ4v) is 5.11. The highest BCUT2D eigenvalue weighted by atomic mass is 35.5. The Labute approximate surface area is 202 Å². The Morgan fingerprint density at radius 1 is 1.09 bits per heavy atom. The molecular formula is C23H17ClN6OS2. The van der Waals surface area contributed by atoms with Gasteiger partial charge >= 0.3 is 0 Å². The molecule has 0 bridgehead atoms. The molecule has 0 aliphatic carbocycles. The van der Waals surface area contributed by atoms with E-state index in [9.17, 15) is 4.79 Å². The predicted octanol–water partition coefficient (Wildman–Crippen LogP) is 5.63. The van der Waals surface area contributed by atoms with E-state index in [4.69, 9.17) is 11.6 Å². The molecule has 5 rings (SSSR count). The van der Waals surface area contributed by atoms with E-state index in [0.717, 1.165) is 27.0 Å². The lowest BCUT2D eigenvalue weighted by Crippen LogP contribution is -2.14. The van der Waals surface area contributed by atoms with E-state index in [-0.39, 0.29) is 11.7 Å². The number of nitrogens with zero attached hydrogens (tertiary/aromatic N) is 5. The number of aromatic nitrogens is 5. The summed E-state index contributed by atoms with van der Waals surface area (Å²) in [6, 6.07) is 17.2. The normalized spacial score (nSPS) is 11.1. The summed E-state index contributed by atoms with van der Waals surface area (Å²) in [5, 5.41) is 13.5. The van der Waals surface area contributed by atoms with Crippen molar-refractivity contribution in [1.29, 1.82) is 0 Å². The van der Waals surface area contributed by atoms with E-state index < -0.39 is 0 Å². The van der Waals surface area contributed by atoms with Crippen LogP contribution in [0.5, 0.6) is 0 Å². The van der Waals surface area contributed by atoms with E-state index >= 15 is 0 Å². The van der Waals surface area contributed by atoms with Gasteiger partial charge in [-0.15, -0.1) is 10.2 Å². The van der Waals surface area contributed by atoms with Crippen molar-refractivity contribution < 1.29 is 4.79 Å². The second-order valence-corrected chi connectivity index (χ2v) is 9.47. The van der Waals surface area contributed by atoms with Gasteiger partial charge in [-0.05, 0) is 48.9 Å². The van der Waals surface area contributed by atoms with Crippen LogP contribution < -0.4 is 5.32 Å². The molecule has 3 heterocycles. The van der Waals surface area contributed by atoms with E-state index in [0.29, 0.717) is 21.1 Å². The van der Waals surface area contributed by atoms with Gasteiger partial charge < -0.3 is 5.32 Å². The summed E-state index contributed by atoms with van der Waals surface area (Å²) >= 11 is 9.14.